The van der Waals surface area contributed by atoms with Crippen LogP contribution in [0.2, 0.25) is 0 Å². The first-order valence-electron chi connectivity index (χ1n) is 7.49. The first-order valence-corrected chi connectivity index (χ1v) is 7.49. The van der Waals surface area contributed by atoms with Crippen LogP contribution in [-0.4, -0.2) is 11.5 Å². The maximum atomic E-state index is 4.19. The predicted octanol–water partition coefficient (Wildman–Crippen LogP) is 4.06. The Morgan fingerprint density at radius 2 is 1.95 bits per heavy atom. The quantitative estimate of drug-likeness (QED) is 0.819. The van der Waals surface area contributed by atoms with Crippen molar-refractivity contribution in [1.29, 1.82) is 0 Å². The van der Waals surface area contributed by atoms with Gasteiger partial charge in [-0.15, -0.1) is 0 Å². The fraction of sp³-hybridized carbons (Fsp3) is 0.389. The summed E-state index contributed by atoms with van der Waals surface area (Å²) < 4.78 is 0. The summed E-state index contributed by atoms with van der Waals surface area (Å²) in [5.41, 5.74) is 4.09. The number of nitrogens with zero attached hydrogens (tertiary/aromatic N) is 1. The lowest BCUT2D eigenvalue weighted by Crippen LogP contribution is -2.22. The summed E-state index contributed by atoms with van der Waals surface area (Å²) in [6.45, 7) is 5.31. The maximum absolute atomic E-state index is 4.19. The number of pyridine rings is 1. The van der Waals surface area contributed by atoms with E-state index in [-0.39, 0.29) is 0 Å². The molecule has 1 aromatic heterocycles. The molecule has 20 heavy (non-hydrogen) atoms. The minimum Gasteiger partial charge on any atom is -0.310 e. The van der Waals surface area contributed by atoms with E-state index in [2.05, 4.69) is 60.5 Å². The minimum atomic E-state index is 0.437. The van der Waals surface area contributed by atoms with Gasteiger partial charge in [0.25, 0.3) is 0 Å². The number of hydrogen-bond donors (Lipinski definition) is 1. The molecule has 2 nitrogen and oxygen atoms in total. The summed E-state index contributed by atoms with van der Waals surface area (Å²) in [5, 5.41) is 3.60. The van der Waals surface area contributed by atoms with Crippen molar-refractivity contribution in [1.82, 2.24) is 10.3 Å². The Kier molecular flexibility index (Phi) is 5.75. The van der Waals surface area contributed by atoms with Gasteiger partial charge in [0.2, 0.25) is 0 Å². The zero-order valence-electron chi connectivity index (χ0n) is 12.5. The second kappa shape index (κ2) is 7.81. The second-order valence-corrected chi connectivity index (χ2v) is 5.22. The molecular formula is C18H24N2. The van der Waals surface area contributed by atoms with Crippen molar-refractivity contribution in [2.24, 2.45) is 0 Å². The molecule has 1 N–H and O–H groups in total. The molecule has 0 saturated carbocycles. The van der Waals surface area contributed by atoms with Gasteiger partial charge in [-0.1, -0.05) is 37.3 Å². The molecule has 1 heterocycles. The van der Waals surface area contributed by atoms with Gasteiger partial charge in [0.05, 0.1) is 0 Å². The number of aromatic nitrogens is 1. The first-order chi connectivity index (χ1) is 9.81. The molecule has 0 saturated heterocycles. The summed E-state index contributed by atoms with van der Waals surface area (Å²) in [7, 11) is 0. The van der Waals surface area contributed by atoms with E-state index in [0.717, 1.165) is 19.4 Å². The SMILES string of the molecule is CCNC(CCCc1ccccc1)c1ccncc1C. The highest BCUT2D eigenvalue weighted by atomic mass is 14.9. The smallest absolute Gasteiger partial charge is 0.0323 e. The molecule has 0 bridgehead atoms. The Balaban J connectivity index is 1.95. The Hall–Kier alpha value is -1.67. The third-order valence-corrected chi connectivity index (χ3v) is 3.69. The summed E-state index contributed by atoms with van der Waals surface area (Å²) >= 11 is 0. The Morgan fingerprint density at radius 3 is 2.65 bits per heavy atom. The molecule has 2 rings (SSSR count). The monoisotopic (exact) mass is 268 g/mol. The molecule has 2 aromatic rings. The van der Waals surface area contributed by atoms with Crippen molar-refractivity contribution in [3.63, 3.8) is 0 Å². The van der Waals surface area contributed by atoms with Crippen LogP contribution in [0.3, 0.4) is 0 Å². The third-order valence-electron chi connectivity index (χ3n) is 3.69. The molecule has 0 aliphatic carbocycles. The van der Waals surface area contributed by atoms with E-state index in [1.165, 1.54) is 23.1 Å². The predicted molar refractivity (Wildman–Crippen MR) is 84.8 cm³/mol. The lowest BCUT2D eigenvalue weighted by Gasteiger charge is -2.20. The lowest BCUT2D eigenvalue weighted by atomic mass is 9.97. The van der Waals surface area contributed by atoms with E-state index in [1.54, 1.807) is 0 Å². The third kappa shape index (κ3) is 4.17. The normalized spacial score (nSPS) is 12.3. The summed E-state index contributed by atoms with van der Waals surface area (Å²) in [6.07, 6.45) is 7.35. The Bertz CT molecular complexity index is 508. The molecule has 0 amide bonds. The standard InChI is InChI=1S/C18H24N2/c1-3-20-18(17-12-13-19-14-15(17)2)11-7-10-16-8-5-4-6-9-16/h4-6,8-9,12-14,18,20H,3,7,10-11H2,1-2H3. The average molecular weight is 268 g/mol. The number of rotatable bonds is 7. The molecule has 1 atom stereocenters. The largest absolute Gasteiger partial charge is 0.310 e. The van der Waals surface area contributed by atoms with Crippen LogP contribution in [0.1, 0.15) is 42.5 Å². The fourth-order valence-electron chi connectivity index (χ4n) is 2.64. The first kappa shape index (κ1) is 14.7. The molecule has 0 fully saturated rings. The van der Waals surface area contributed by atoms with Gasteiger partial charge in [-0.2, -0.15) is 0 Å². The molecule has 1 aromatic carbocycles. The van der Waals surface area contributed by atoms with Crippen molar-refractivity contribution in [3.8, 4) is 0 Å². The lowest BCUT2D eigenvalue weighted by molar-refractivity contribution is 0.495. The van der Waals surface area contributed by atoms with E-state index in [1.807, 2.05) is 12.4 Å². The highest BCUT2D eigenvalue weighted by Crippen LogP contribution is 2.22. The summed E-state index contributed by atoms with van der Waals surface area (Å²) in [6, 6.07) is 13.3. The molecule has 1 unspecified atom stereocenters. The van der Waals surface area contributed by atoms with Gasteiger partial charge in [-0.25, -0.2) is 0 Å². The van der Waals surface area contributed by atoms with Crippen LogP contribution in [0.5, 0.6) is 0 Å². The number of nitrogens with one attached hydrogen (secondary N) is 1. The van der Waals surface area contributed by atoms with Crippen molar-refractivity contribution >= 4 is 0 Å². The van der Waals surface area contributed by atoms with E-state index in [9.17, 15) is 0 Å². The van der Waals surface area contributed by atoms with Crippen LogP contribution < -0.4 is 5.32 Å². The number of hydrogen-bond acceptors (Lipinski definition) is 2. The van der Waals surface area contributed by atoms with Gasteiger partial charge >= 0.3 is 0 Å². The molecular weight excluding hydrogens is 244 g/mol. The second-order valence-electron chi connectivity index (χ2n) is 5.22. The van der Waals surface area contributed by atoms with Crippen LogP contribution in [0.15, 0.2) is 48.8 Å². The van der Waals surface area contributed by atoms with Crippen LogP contribution in [-0.2, 0) is 6.42 Å². The zero-order chi connectivity index (χ0) is 14.2. The van der Waals surface area contributed by atoms with Gasteiger partial charge in [-0.05, 0) is 55.5 Å². The average Bonchev–Trinajstić information content (AvgIpc) is 2.48. The molecule has 2 heteroatoms. The van der Waals surface area contributed by atoms with Crippen LogP contribution >= 0.6 is 0 Å². The van der Waals surface area contributed by atoms with Crippen LogP contribution in [0.25, 0.3) is 0 Å². The highest BCUT2D eigenvalue weighted by molar-refractivity contribution is 5.25. The van der Waals surface area contributed by atoms with Gasteiger partial charge in [0, 0.05) is 18.4 Å². The summed E-state index contributed by atoms with van der Waals surface area (Å²) in [4.78, 5) is 4.19. The molecule has 0 aliphatic rings. The fourth-order valence-corrected chi connectivity index (χ4v) is 2.64. The van der Waals surface area contributed by atoms with Crippen molar-refractivity contribution < 1.29 is 0 Å². The summed E-state index contributed by atoms with van der Waals surface area (Å²) in [5.74, 6) is 0. The molecule has 106 valence electrons. The van der Waals surface area contributed by atoms with Crippen molar-refractivity contribution in [2.45, 2.75) is 39.2 Å². The van der Waals surface area contributed by atoms with E-state index >= 15 is 0 Å². The maximum Gasteiger partial charge on any atom is 0.0323 e. The van der Waals surface area contributed by atoms with Crippen molar-refractivity contribution in [2.75, 3.05) is 6.54 Å². The number of benzene rings is 1. The minimum absolute atomic E-state index is 0.437. The Labute approximate surface area is 122 Å². The van der Waals surface area contributed by atoms with Crippen molar-refractivity contribution in [3.05, 3.63) is 65.5 Å². The van der Waals surface area contributed by atoms with Crippen LogP contribution in [0.4, 0.5) is 0 Å². The van der Waals surface area contributed by atoms with E-state index < -0.39 is 0 Å². The van der Waals surface area contributed by atoms with Gasteiger partial charge in [0.15, 0.2) is 0 Å². The molecule has 0 radical (unpaired) electrons. The van der Waals surface area contributed by atoms with Gasteiger partial charge in [0.1, 0.15) is 0 Å². The van der Waals surface area contributed by atoms with Crippen LogP contribution in [0, 0.1) is 6.92 Å². The van der Waals surface area contributed by atoms with Gasteiger partial charge < -0.3 is 5.32 Å². The molecule has 0 aliphatic heterocycles. The van der Waals surface area contributed by atoms with E-state index in [4.69, 9.17) is 0 Å². The zero-order valence-corrected chi connectivity index (χ0v) is 12.5. The topological polar surface area (TPSA) is 24.9 Å². The van der Waals surface area contributed by atoms with E-state index in [0.29, 0.717) is 6.04 Å². The molecule has 0 spiro atoms. The number of aryl methyl sites for hydroxylation is 2. The highest BCUT2D eigenvalue weighted by Gasteiger charge is 2.12. The van der Waals surface area contributed by atoms with Gasteiger partial charge in [-0.3, -0.25) is 4.98 Å². The Morgan fingerprint density at radius 1 is 1.15 bits per heavy atom.